The van der Waals surface area contributed by atoms with E-state index in [-0.39, 0.29) is 0 Å². The van der Waals surface area contributed by atoms with Gasteiger partial charge in [-0.2, -0.15) is 4.37 Å². The van der Waals surface area contributed by atoms with E-state index < -0.39 is 0 Å². The van der Waals surface area contributed by atoms with Gasteiger partial charge in [0.05, 0.1) is 0 Å². The fourth-order valence-electron chi connectivity index (χ4n) is 1.93. The SMILES string of the molecule is CC1CCCCC1Nc1ncns1. The lowest BCUT2D eigenvalue weighted by molar-refractivity contribution is 0.349. The topological polar surface area (TPSA) is 37.8 Å². The van der Waals surface area contributed by atoms with Gasteiger partial charge >= 0.3 is 0 Å². The van der Waals surface area contributed by atoms with Crippen molar-refractivity contribution in [2.24, 2.45) is 5.92 Å². The Morgan fingerprint density at radius 2 is 2.31 bits per heavy atom. The summed E-state index contributed by atoms with van der Waals surface area (Å²) in [5.41, 5.74) is 0. The predicted octanol–water partition coefficient (Wildman–Crippen LogP) is 2.53. The van der Waals surface area contributed by atoms with E-state index in [0.29, 0.717) is 6.04 Å². The zero-order valence-electron chi connectivity index (χ0n) is 7.86. The lowest BCUT2D eigenvalue weighted by Crippen LogP contribution is -2.30. The maximum atomic E-state index is 4.14. The minimum absolute atomic E-state index is 0.613. The van der Waals surface area contributed by atoms with E-state index in [1.54, 1.807) is 6.33 Å². The average Bonchev–Trinajstić information content (AvgIpc) is 2.61. The van der Waals surface area contributed by atoms with Crippen molar-refractivity contribution in [1.82, 2.24) is 9.36 Å². The summed E-state index contributed by atoms with van der Waals surface area (Å²) in [7, 11) is 0. The molecule has 0 spiro atoms. The first-order valence-electron chi connectivity index (χ1n) is 4.89. The molecule has 1 aromatic heterocycles. The molecule has 72 valence electrons. The molecule has 1 aromatic rings. The van der Waals surface area contributed by atoms with Crippen LogP contribution in [0.3, 0.4) is 0 Å². The second kappa shape index (κ2) is 4.05. The van der Waals surface area contributed by atoms with Crippen molar-refractivity contribution < 1.29 is 0 Å². The van der Waals surface area contributed by atoms with Crippen molar-refractivity contribution in [3.8, 4) is 0 Å². The highest BCUT2D eigenvalue weighted by atomic mass is 32.1. The van der Waals surface area contributed by atoms with Gasteiger partial charge in [0, 0.05) is 17.6 Å². The second-order valence-corrected chi connectivity index (χ2v) is 4.54. The Morgan fingerprint density at radius 1 is 1.46 bits per heavy atom. The van der Waals surface area contributed by atoms with E-state index >= 15 is 0 Å². The summed E-state index contributed by atoms with van der Waals surface area (Å²) in [4.78, 5) is 4.14. The highest BCUT2D eigenvalue weighted by Gasteiger charge is 2.21. The summed E-state index contributed by atoms with van der Waals surface area (Å²) in [6.07, 6.45) is 6.97. The van der Waals surface area contributed by atoms with Crippen LogP contribution >= 0.6 is 11.5 Å². The van der Waals surface area contributed by atoms with Crippen molar-refractivity contribution in [3.05, 3.63) is 6.33 Å². The number of rotatable bonds is 2. The van der Waals surface area contributed by atoms with Crippen LogP contribution in [-0.4, -0.2) is 15.4 Å². The van der Waals surface area contributed by atoms with Gasteiger partial charge in [0.2, 0.25) is 5.13 Å². The molecule has 2 atom stereocenters. The molecule has 1 N–H and O–H groups in total. The largest absolute Gasteiger partial charge is 0.357 e. The lowest BCUT2D eigenvalue weighted by Gasteiger charge is -2.29. The maximum absolute atomic E-state index is 4.14. The molecule has 2 unspecified atom stereocenters. The van der Waals surface area contributed by atoms with Crippen molar-refractivity contribution in [3.63, 3.8) is 0 Å². The molecule has 3 nitrogen and oxygen atoms in total. The van der Waals surface area contributed by atoms with Crippen LogP contribution in [0, 0.1) is 5.92 Å². The molecule has 1 aliphatic rings. The molecule has 2 rings (SSSR count). The predicted molar refractivity (Wildman–Crippen MR) is 55.0 cm³/mol. The standard InChI is InChI=1S/C9H15N3S/c1-7-4-2-3-5-8(7)12-9-10-6-11-13-9/h6-8H,2-5H2,1H3,(H,10,11,12). The molecular weight excluding hydrogens is 182 g/mol. The molecule has 1 fully saturated rings. The van der Waals surface area contributed by atoms with Gasteiger partial charge in [-0.15, -0.1) is 0 Å². The number of nitrogens with zero attached hydrogens (tertiary/aromatic N) is 2. The van der Waals surface area contributed by atoms with Crippen molar-refractivity contribution in [2.75, 3.05) is 5.32 Å². The highest BCUT2D eigenvalue weighted by molar-refractivity contribution is 7.09. The molecule has 0 aromatic carbocycles. The Morgan fingerprint density at radius 3 is 3.00 bits per heavy atom. The minimum atomic E-state index is 0.613. The second-order valence-electron chi connectivity index (χ2n) is 3.76. The van der Waals surface area contributed by atoms with Gasteiger partial charge in [-0.25, -0.2) is 4.98 Å². The molecule has 0 saturated heterocycles. The first-order chi connectivity index (χ1) is 6.36. The smallest absolute Gasteiger partial charge is 0.202 e. The Balaban J connectivity index is 1.93. The summed E-state index contributed by atoms with van der Waals surface area (Å²) in [5.74, 6) is 0.776. The molecule has 0 aliphatic heterocycles. The van der Waals surface area contributed by atoms with Crippen molar-refractivity contribution in [2.45, 2.75) is 38.6 Å². The summed E-state index contributed by atoms with van der Waals surface area (Å²) in [6.45, 7) is 2.32. The van der Waals surface area contributed by atoms with Crippen LogP contribution in [0.15, 0.2) is 6.33 Å². The first-order valence-corrected chi connectivity index (χ1v) is 5.67. The molecule has 1 saturated carbocycles. The summed E-state index contributed by atoms with van der Waals surface area (Å²) in [5, 5.41) is 4.43. The normalized spacial score (nSPS) is 28.7. The van der Waals surface area contributed by atoms with E-state index in [2.05, 4.69) is 21.6 Å². The summed E-state index contributed by atoms with van der Waals surface area (Å²) in [6, 6.07) is 0.613. The van der Waals surface area contributed by atoms with Crippen molar-refractivity contribution in [1.29, 1.82) is 0 Å². The van der Waals surface area contributed by atoms with E-state index in [1.807, 2.05) is 0 Å². The van der Waals surface area contributed by atoms with Crippen LogP contribution in [-0.2, 0) is 0 Å². The molecule has 1 aliphatic carbocycles. The van der Waals surface area contributed by atoms with E-state index in [1.165, 1.54) is 37.2 Å². The van der Waals surface area contributed by atoms with Gasteiger partial charge < -0.3 is 5.32 Å². The average molecular weight is 197 g/mol. The Hall–Kier alpha value is -0.640. The Kier molecular flexibility index (Phi) is 2.78. The fraction of sp³-hybridized carbons (Fsp3) is 0.778. The summed E-state index contributed by atoms with van der Waals surface area (Å²) >= 11 is 1.45. The van der Waals surface area contributed by atoms with E-state index in [4.69, 9.17) is 0 Å². The van der Waals surface area contributed by atoms with Crippen LogP contribution in [0.25, 0.3) is 0 Å². The molecular formula is C9H15N3S. The van der Waals surface area contributed by atoms with E-state index in [0.717, 1.165) is 11.0 Å². The Labute approximate surface area is 82.8 Å². The summed E-state index contributed by atoms with van der Waals surface area (Å²) < 4.78 is 3.98. The molecule has 0 amide bonds. The van der Waals surface area contributed by atoms with Gasteiger partial charge in [0.15, 0.2) is 0 Å². The molecule has 1 heterocycles. The van der Waals surface area contributed by atoms with Gasteiger partial charge in [-0.1, -0.05) is 19.8 Å². The number of hydrogen-bond donors (Lipinski definition) is 1. The van der Waals surface area contributed by atoms with Crippen LogP contribution in [0.4, 0.5) is 5.13 Å². The zero-order chi connectivity index (χ0) is 9.10. The molecule has 13 heavy (non-hydrogen) atoms. The van der Waals surface area contributed by atoms with Crippen LogP contribution in [0.5, 0.6) is 0 Å². The van der Waals surface area contributed by atoms with Gasteiger partial charge in [-0.3, -0.25) is 0 Å². The maximum Gasteiger partial charge on any atom is 0.202 e. The van der Waals surface area contributed by atoms with E-state index in [9.17, 15) is 0 Å². The van der Waals surface area contributed by atoms with Crippen LogP contribution in [0.1, 0.15) is 32.6 Å². The lowest BCUT2D eigenvalue weighted by atomic mass is 9.86. The number of nitrogens with one attached hydrogen (secondary N) is 1. The van der Waals surface area contributed by atoms with Gasteiger partial charge in [-0.05, 0) is 18.8 Å². The highest BCUT2D eigenvalue weighted by Crippen LogP contribution is 2.26. The van der Waals surface area contributed by atoms with Gasteiger partial charge in [0.25, 0.3) is 0 Å². The van der Waals surface area contributed by atoms with Gasteiger partial charge in [0.1, 0.15) is 6.33 Å². The molecule has 0 radical (unpaired) electrons. The number of anilines is 1. The van der Waals surface area contributed by atoms with Crippen LogP contribution < -0.4 is 5.32 Å². The third kappa shape index (κ3) is 2.18. The fourth-order valence-corrected chi connectivity index (χ4v) is 2.42. The third-order valence-electron chi connectivity index (χ3n) is 2.78. The quantitative estimate of drug-likeness (QED) is 0.791. The molecule has 4 heteroatoms. The van der Waals surface area contributed by atoms with Crippen molar-refractivity contribution >= 4 is 16.7 Å². The zero-order valence-corrected chi connectivity index (χ0v) is 8.68. The Bertz CT molecular complexity index is 247. The van der Waals surface area contributed by atoms with Crippen LogP contribution in [0.2, 0.25) is 0 Å². The first kappa shape index (κ1) is 8.94. The number of hydrogen-bond acceptors (Lipinski definition) is 4. The minimum Gasteiger partial charge on any atom is -0.357 e. The number of aromatic nitrogens is 2. The monoisotopic (exact) mass is 197 g/mol. The third-order valence-corrected chi connectivity index (χ3v) is 3.38. The molecule has 0 bridgehead atoms.